The third kappa shape index (κ3) is 7.67. The molecule has 0 spiro atoms. The number of ether oxygens (including phenoxy) is 1. The van der Waals surface area contributed by atoms with Crippen LogP contribution in [0, 0.1) is 0 Å². The van der Waals surface area contributed by atoms with E-state index in [-0.39, 0.29) is 24.4 Å². The maximum atomic E-state index is 13.5. The van der Waals surface area contributed by atoms with Crippen LogP contribution in [0.1, 0.15) is 50.3 Å². The van der Waals surface area contributed by atoms with Crippen LogP contribution in [0.5, 0.6) is 0 Å². The van der Waals surface area contributed by atoms with Gasteiger partial charge in [-0.05, 0) is 37.0 Å². The highest BCUT2D eigenvalue weighted by Crippen LogP contribution is 2.29. The number of hydrogen-bond acceptors (Lipinski definition) is 4. The Kier molecular flexibility index (Phi) is 9.37. The van der Waals surface area contributed by atoms with Crippen LogP contribution < -0.4 is 0 Å². The van der Waals surface area contributed by atoms with Crippen LogP contribution in [0.3, 0.4) is 0 Å². The molecular formula is C28H40N4O3. The van der Waals surface area contributed by atoms with E-state index < -0.39 is 0 Å². The standard InChI is InChI=1S/C28H40N4O3/c1-2-3-11-27(33)31(16-15-29-17-19-35-20-18-29)23-28(34)32(25-12-13-25)22-26-10-7-14-30(26)21-24-8-5-4-6-9-24/h4-10,14,25H,2-3,11-13,15-23H2,1H3. The van der Waals surface area contributed by atoms with Gasteiger partial charge < -0.3 is 19.1 Å². The zero-order chi connectivity index (χ0) is 24.5. The third-order valence-electron chi connectivity index (χ3n) is 6.97. The monoisotopic (exact) mass is 480 g/mol. The Morgan fingerprint density at radius 2 is 1.80 bits per heavy atom. The molecule has 1 aliphatic heterocycles. The summed E-state index contributed by atoms with van der Waals surface area (Å²) in [5.74, 6) is 0.156. The minimum atomic E-state index is 0.0618. The van der Waals surface area contributed by atoms with Gasteiger partial charge in [0, 0.05) is 57.1 Å². The van der Waals surface area contributed by atoms with Gasteiger partial charge in [0.25, 0.3) is 0 Å². The van der Waals surface area contributed by atoms with Gasteiger partial charge in [0.15, 0.2) is 0 Å². The molecule has 2 heterocycles. The van der Waals surface area contributed by atoms with Crippen molar-refractivity contribution in [3.8, 4) is 0 Å². The highest BCUT2D eigenvalue weighted by atomic mass is 16.5. The normalized spacial score (nSPS) is 16.3. The highest BCUT2D eigenvalue weighted by molar-refractivity contribution is 5.85. The molecule has 190 valence electrons. The number of rotatable bonds is 13. The molecule has 0 atom stereocenters. The fourth-order valence-electron chi connectivity index (χ4n) is 4.63. The van der Waals surface area contributed by atoms with E-state index in [0.717, 1.165) is 70.8 Å². The Hall–Kier alpha value is -2.64. The average Bonchev–Trinajstić information content (AvgIpc) is 3.64. The van der Waals surface area contributed by atoms with Gasteiger partial charge in [0.1, 0.15) is 0 Å². The van der Waals surface area contributed by atoms with Crippen molar-refractivity contribution in [1.29, 1.82) is 0 Å². The molecule has 2 aromatic rings. The van der Waals surface area contributed by atoms with Crippen molar-refractivity contribution in [2.24, 2.45) is 0 Å². The number of benzene rings is 1. The van der Waals surface area contributed by atoms with Gasteiger partial charge in [-0.3, -0.25) is 14.5 Å². The van der Waals surface area contributed by atoms with Gasteiger partial charge in [-0.15, -0.1) is 0 Å². The van der Waals surface area contributed by atoms with E-state index in [1.165, 1.54) is 5.56 Å². The van der Waals surface area contributed by atoms with Crippen molar-refractivity contribution in [1.82, 2.24) is 19.3 Å². The molecule has 4 rings (SSSR count). The third-order valence-corrected chi connectivity index (χ3v) is 6.97. The molecule has 1 aliphatic carbocycles. The van der Waals surface area contributed by atoms with Crippen molar-refractivity contribution in [3.63, 3.8) is 0 Å². The molecule has 1 aromatic heterocycles. The van der Waals surface area contributed by atoms with Crippen molar-refractivity contribution < 1.29 is 14.3 Å². The largest absolute Gasteiger partial charge is 0.379 e. The number of hydrogen-bond donors (Lipinski definition) is 0. The van der Waals surface area contributed by atoms with Crippen molar-refractivity contribution in [2.75, 3.05) is 45.9 Å². The van der Waals surface area contributed by atoms with E-state index in [4.69, 9.17) is 4.74 Å². The van der Waals surface area contributed by atoms with Gasteiger partial charge in [-0.1, -0.05) is 43.7 Å². The second-order valence-corrected chi connectivity index (χ2v) is 9.74. The zero-order valence-corrected chi connectivity index (χ0v) is 21.1. The zero-order valence-electron chi connectivity index (χ0n) is 21.1. The SMILES string of the molecule is CCCCC(=O)N(CCN1CCOCC1)CC(=O)N(Cc1cccn1Cc1ccccc1)C1CC1. The summed E-state index contributed by atoms with van der Waals surface area (Å²) < 4.78 is 7.67. The molecule has 0 unspecified atom stereocenters. The van der Waals surface area contributed by atoms with Crippen LogP contribution in [0.2, 0.25) is 0 Å². The molecular weight excluding hydrogens is 440 g/mol. The number of nitrogens with zero attached hydrogens (tertiary/aromatic N) is 4. The van der Waals surface area contributed by atoms with E-state index in [9.17, 15) is 9.59 Å². The van der Waals surface area contributed by atoms with Crippen LogP contribution in [-0.4, -0.2) is 83.1 Å². The average molecular weight is 481 g/mol. The number of morpholine rings is 1. The predicted molar refractivity (Wildman–Crippen MR) is 137 cm³/mol. The molecule has 0 bridgehead atoms. The molecule has 2 fully saturated rings. The molecule has 0 N–H and O–H groups in total. The lowest BCUT2D eigenvalue weighted by Crippen LogP contribution is -2.47. The number of unbranched alkanes of at least 4 members (excludes halogenated alkanes) is 1. The minimum absolute atomic E-state index is 0.0618. The summed E-state index contributed by atoms with van der Waals surface area (Å²) in [5.41, 5.74) is 2.37. The predicted octanol–water partition coefficient (Wildman–Crippen LogP) is 3.38. The molecule has 1 saturated heterocycles. The first-order chi connectivity index (χ1) is 17.1. The quantitative estimate of drug-likeness (QED) is 0.441. The van der Waals surface area contributed by atoms with Gasteiger partial charge >= 0.3 is 0 Å². The first-order valence-electron chi connectivity index (χ1n) is 13.2. The first kappa shape index (κ1) is 25.5. The Morgan fingerprint density at radius 1 is 1.03 bits per heavy atom. The molecule has 7 heteroatoms. The summed E-state index contributed by atoms with van der Waals surface area (Å²) >= 11 is 0. The molecule has 2 amide bonds. The van der Waals surface area contributed by atoms with Gasteiger partial charge in [-0.25, -0.2) is 0 Å². The first-order valence-corrected chi connectivity index (χ1v) is 13.2. The highest BCUT2D eigenvalue weighted by Gasteiger charge is 2.34. The second-order valence-electron chi connectivity index (χ2n) is 9.74. The topological polar surface area (TPSA) is 58.0 Å². The maximum absolute atomic E-state index is 13.5. The molecule has 1 saturated carbocycles. The van der Waals surface area contributed by atoms with Crippen molar-refractivity contribution in [3.05, 3.63) is 59.9 Å². The summed E-state index contributed by atoms with van der Waals surface area (Å²) in [6.45, 7) is 8.27. The number of carbonyl (C=O) groups excluding carboxylic acids is 2. The van der Waals surface area contributed by atoms with Crippen LogP contribution in [-0.2, 0) is 27.4 Å². The Bertz CT molecular complexity index is 935. The van der Waals surface area contributed by atoms with Gasteiger partial charge in [0.05, 0.1) is 26.3 Å². The summed E-state index contributed by atoms with van der Waals surface area (Å²) in [6, 6.07) is 14.8. The molecule has 7 nitrogen and oxygen atoms in total. The smallest absolute Gasteiger partial charge is 0.242 e. The maximum Gasteiger partial charge on any atom is 0.242 e. The Morgan fingerprint density at radius 3 is 2.51 bits per heavy atom. The number of amides is 2. The molecule has 35 heavy (non-hydrogen) atoms. The van der Waals surface area contributed by atoms with E-state index in [0.29, 0.717) is 19.5 Å². The number of aromatic nitrogens is 1. The molecule has 0 radical (unpaired) electrons. The van der Waals surface area contributed by atoms with Crippen LogP contribution in [0.15, 0.2) is 48.7 Å². The van der Waals surface area contributed by atoms with E-state index in [2.05, 4.69) is 59.0 Å². The molecule has 1 aromatic carbocycles. The second kappa shape index (κ2) is 12.9. The molecule has 2 aliphatic rings. The van der Waals surface area contributed by atoms with Gasteiger partial charge in [-0.2, -0.15) is 0 Å². The summed E-state index contributed by atoms with van der Waals surface area (Å²) in [5, 5.41) is 0. The summed E-state index contributed by atoms with van der Waals surface area (Å²) in [7, 11) is 0. The van der Waals surface area contributed by atoms with E-state index in [1.807, 2.05) is 11.0 Å². The van der Waals surface area contributed by atoms with Crippen molar-refractivity contribution >= 4 is 11.8 Å². The fraction of sp³-hybridized carbons (Fsp3) is 0.571. The van der Waals surface area contributed by atoms with Crippen LogP contribution in [0.4, 0.5) is 0 Å². The summed E-state index contributed by atoms with van der Waals surface area (Å²) in [6.07, 6.45) is 6.52. The lowest BCUT2D eigenvalue weighted by atomic mass is 10.2. The van der Waals surface area contributed by atoms with Gasteiger partial charge in [0.2, 0.25) is 11.8 Å². The lowest BCUT2D eigenvalue weighted by molar-refractivity contribution is -0.141. The minimum Gasteiger partial charge on any atom is -0.379 e. The van der Waals surface area contributed by atoms with E-state index >= 15 is 0 Å². The Labute approximate surface area is 209 Å². The number of carbonyl (C=O) groups is 2. The van der Waals surface area contributed by atoms with Crippen LogP contribution in [0.25, 0.3) is 0 Å². The van der Waals surface area contributed by atoms with Crippen LogP contribution >= 0.6 is 0 Å². The van der Waals surface area contributed by atoms with Crippen molar-refractivity contribution in [2.45, 2.75) is 58.2 Å². The lowest BCUT2D eigenvalue weighted by Gasteiger charge is -2.31. The summed E-state index contributed by atoms with van der Waals surface area (Å²) in [4.78, 5) is 32.7. The Balaban J connectivity index is 1.40. The van der Waals surface area contributed by atoms with E-state index in [1.54, 1.807) is 4.90 Å². The fourth-order valence-corrected chi connectivity index (χ4v) is 4.63.